The molecule has 0 aliphatic heterocycles. The molecule has 2 unspecified atom stereocenters. The highest BCUT2D eigenvalue weighted by atomic mass is 16.6. The van der Waals surface area contributed by atoms with Gasteiger partial charge in [0.05, 0.1) is 6.04 Å². The molecule has 2 aromatic carbocycles. The van der Waals surface area contributed by atoms with E-state index < -0.39 is 18.1 Å². The summed E-state index contributed by atoms with van der Waals surface area (Å²) in [5.41, 5.74) is 0.790. The minimum absolute atomic E-state index is 0.0699. The highest BCUT2D eigenvalue weighted by Gasteiger charge is 2.23. The molecule has 40 heavy (non-hydrogen) atoms. The van der Waals surface area contributed by atoms with Crippen LogP contribution in [0.15, 0.2) is 54.6 Å². The predicted octanol–water partition coefficient (Wildman–Crippen LogP) is 4.63. The van der Waals surface area contributed by atoms with Crippen LogP contribution in [0.25, 0.3) is 0 Å². The lowest BCUT2D eigenvalue weighted by molar-refractivity contribution is -0.125. The summed E-state index contributed by atoms with van der Waals surface area (Å²) in [6, 6.07) is 14.7. The number of nitrogens with zero attached hydrogens (tertiary/aromatic N) is 1. The van der Waals surface area contributed by atoms with Crippen LogP contribution >= 0.6 is 0 Å². The summed E-state index contributed by atoms with van der Waals surface area (Å²) in [5.74, 6) is -0.342. The Hall–Kier alpha value is -3.88. The van der Waals surface area contributed by atoms with Crippen molar-refractivity contribution in [1.82, 2.24) is 20.9 Å². The highest BCUT2D eigenvalue weighted by molar-refractivity contribution is 5.99. The first-order chi connectivity index (χ1) is 19.1. The second-order valence-corrected chi connectivity index (χ2v) is 10.4. The number of amides is 4. The van der Waals surface area contributed by atoms with E-state index in [-0.39, 0.29) is 30.7 Å². The summed E-state index contributed by atoms with van der Waals surface area (Å²) in [7, 11) is 0. The molecule has 0 fully saturated rings. The van der Waals surface area contributed by atoms with Gasteiger partial charge in [-0.05, 0) is 55.5 Å². The molecule has 3 N–H and O–H groups in total. The Balaban J connectivity index is 2.10. The molecule has 0 radical (unpaired) electrons. The molecule has 9 nitrogen and oxygen atoms in total. The number of carbonyl (C=O) groups excluding carboxylic acids is 4. The molecule has 2 atom stereocenters. The largest absolute Gasteiger partial charge is 0.412 e. The van der Waals surface area contributed by atoms with E-state index >= 15 is 0 Å². The maximum absolute atomic E-state index is 13.1. The van der Waals surface area contributed by atoms with E-state index in [0.717, 1.165) is 12.8 Å². The molecule has 2 aromatic rings. The van der Waals surface area contributed by atoms with E-state index in [9.17, 15) is 19.2 Å². The topological polar surface area (TPSA) is 117 Å². The van der Waals surface area contributed by atoms with Crippen LogP contribution in [0.5, 0.6) is 5.75 Å². The minimum atomic E-state index is -0.681. The van der Waals surface area contributed by atoms with E-state index in [1.54, 1.807) is 60.4 Å². The Labute approximate surface area is 238 Å². The molecule has 9 heteroatoms. The Morgan fingerprint density at radius 2 is 1.48 bits per heavy atom. The molecule has 2 rings (SSSR count). The van der Waals surface area contributed by atoms with E-state index in [4.69, 9.17) is 4.74 Å². The molecule has 4 amide bonds. The lowest BCUT2D eigenvalue weighted by atomic mass is 10.00. The van der Waals surface area contributed by atoms with E-state index in [0.29, 0.717) is 42.4 Å². The number of hydrogen-bond donors (Lipinski definition) is 3. The van der Waals surface area contributed by atoms with Crippen LogP contribution in [-0.2, 0) is 4.79 Å². The monoisotopic (exact) mass is 552 g/mol. The Kier molecular flexibility index (Phi) is 13.7. The van der Waals surface area contributed by atoms with Gasteiger partial charge in [-0.25, -0.2) is 4.79 Å². The molecule has 0 bridgehead atoms. The van der Waals surface area contributed by atoms with Gasteiger partial charge in [-0.15, -0.1) is 0 Å². The van der Waals surface area contributed by atoms with Crippen molar-refractivity contribution in [3.05, 3.63) is 65.7 Å². The van der Waals surface area contributed by atoms with Crippen LogP contribution in [-0.4, -0.2) is 60.9 Å². The molecular weight excluding hydrogens is 508 g/mol. The fraction of sp³-hybridized carbons (Fsp3) is 0.484. The average molecular weight is 553 g/mol. The molecule has 0 saturated heterocycles. The second-order valence-electron chi connectivity index (χ2n) is 10.4. The van der Waals surface area contributed by atoms with E-state index in [1.807, 2.05) is 33.8 Å². The first-order valence-corrected chi connectivity index (χ1v) is 14.1. The van der Waals surface area contributed by atoms with Gasteiger partial charge in [0, 0.05) is 43.2 Å². The third kappa shape index (κ3) is 11.1. The molecule has 0 spiro atoms. The van der Waals surface area contributed by atoms with Crippen LogP contribution in [0.4, 0.5) is 4.79 Å². The average Bonchev–Trinajstić information content (AvgIpc) is 2.94. The number of para-hydroxylation sites is 1. The van der Waals surface area contributed by atoms with Gasteiger partial charge in [0.25, 0.3) is 11.8 Å². The van der Waals surface area contributed by atoms with Crippen molar-refractivity contribution in [1.29, 1.82) is 0 Å². The van der Waals surface area contributed by atoms with Crippen molar-refractivity contribution in [3.63, 3.8) is 0 Å². The van der Waals surface area contributed by atoms with Crippen molar-refractivity contribution < 1.29 is 23.9 Å². The molecular formula is C31H44N4O5. The summed E-state index contributed by atoms with van der Waals surface area (Å²) in [5, 5.41) is 8.53. The zero-order valence-corrected chi connectivity index (χ0v) is 24.4. The fourth-order valence-electron chi connectivity index (χ4n) is 4.15. The number of nitrogens with one attached hydrogen (secondary N) is 3. The van der Waals surface area contributed by atoms with Crippen LogP contribution in [0.3, 0.4) is 0 Å². The third-order valence-electron chi connectivity index (χ3n) is 6.20. The fourth-order valence-corrected chi connectivity index (χ4v) is 4.15. The summed E-state index contributed by atoms with van der Waals surface area (Å²) in [4.78, 5) is 53.1. The van der Waals surface area contributed by atoms with Crippen LogP contribution in [0, 0.1) is 11.8 Å². The second kappa shape index (κ2) is 16.9. The smallest absolute Gasteiger partial charge is 0.410 e. The van der Waals surface area contributed by atoms with E-state index in [1.165, 1.54) is 0 Å². The molecule has 0 aromatic heterocycles. The maximum atomic E-state index is 13.1. The number of ether oxygens (including phenoxy) is 1. The Morgan fingerprint density at radius 3 is 2.10 bits per heavy atom. The van der Waals surface area contributed by atoms with Gasteiger partial charge >= 0.3 is 6.09 Å². The Bertz CT molecular complexity index is 1100. The zero-order chi connectivity index (χ0) is 29.5. The molecule has 0 heterocycles. The van der Waals surface area contributed by atoms with E-state index in [2.05, 4.69) is 16.0 Å². The molecule has 0 aliphatic carbocycles. The van der Waals surface area contributed by atoms with Gasteiger partial charge in [0.1, 0.15) is 5.75 Å². The summed E-state index contributed by atoms with van der Waals surface area (Å²) in [6.45, 7) is 11.8. The SMILES string of the molecule is CCCN(CCC)C(=O)c1cccc(C(=O)NCC(CC(C)C(=O)NCC(C)C)NC(=O)Oc2ccccc2)c1. The number of carbonyl (C=O) groups is 4. The Morgan fingerprint density at radius 1 is 0.825 bits per heavy atom. The van der Waals surface area contributed by atoms with Crippen LogP contribution < -0.4 is 20.7 Å². The standard InChI is InChI=1S/C31H44N4O5/c1-6-16-35(17-7-2)30(38)25-13-11-12-24(19-25)29(37)33-21-26(18-23(5)28(36)32-20-22(3)4)34-31(39)40-27-14-9-8-10-15-27/h8-15,19,22-23,26H,6-7,16-18,20-21H2,1-5H3,(H,32,36)(H,33,37)(H,34,39). The van der Waals surface area contributed by atoms with Crippen LogP contribution in [0.2, 0.25) is 0 Å². The van der Waals surface area contributed by atoms with Gasteiger partial charge in [-0.2, -0.15) is 0 Å². The van der Waals surface area contributed by atoms with Crippen LogP contribution in [0.1, 0.15) is 74.6 Å². The highest BCUT2D eigenvalue weighted by Crippen LogP contribution is 2.13. The number of benzene rings is 2. The zero-order valence-electron chi connectivity index (χ0n) is 24.4. The number of hydrogen-bond acceptors (Lipinski definition) is 5. The predicted molar refractivity (Wildman–Crippen MR) is 156 cm³/mol. The minimum Gasteiger partial charge on any atom is -0.410 e. The van der Waals surface area contributed by atoms with Crippen molar-refractivity contribution in [2.24, 2.45) is 11.8 Å². The van der Waals surface area contributed by atoms with Gasteiger partial charge < -0.3 is 25.6 Å². The molecule has 0 aliphatic rings. The molecule has 0 saturated carbocycles. The maximum Gasteiger partial charge on any atom is 0.412 e. The summed E-state index contributed by atoms with van der Waals surface area (Å²) >= 11 is 0. The van der Waals surface area contributed by atoms with Crippen molar-refractivity contribution in [2.45, 2.75) is 59.9 Å². The van der Waals surface area contributed by atoms with Crippen molar-refractivity contribution in [3.8, 4) is 5.75 Å². The van der Waals surface area contributed by atoms with Gasteiger partial charge in [-0.3, -0.25) is 14.4 Å². The summed E-state index contributed by atoms with van der Waals surface area (Å²) in [6.07, 6.45) is 1.30. The summed E-state index contributed by atoms with van der Waals surface area (Å²) < 4.78 is 5.36. The van der Waals surface area contributed by atoms with Gasteiger partial charge in [-0.1, -0.05) is 58.9 Å². The third-order valence-corrected chi connectivity index (χ3v) is 6.20. The molecule has 218 valence electrons. The van der Waals surface area contributed by atoms with Crippen molar-refractivity contribution >= 4 is 23.8 Å². The van der Waals surface area contributed by atoms with Gasteiger partial charge in [0.2, 0.25) is 5.91 Å². The lowest BCUT2D eigenvalue weighted by Gasteiger charge is -2.23. The number of rotatable bonds is 15. The van der Waals surface area contributed by atoms with Gasteiger partial charge in [0.15, 0.2) is 0 Å². The lowest BCUT2D eigenvalue weighted by Crippen LogP contribution is -2.47. The first kappa shape index (κ1) is 32.3. The quantitative estimate of drug-likeness (QED) is 0.298. The first-order valence-electron chi connectivity index (χ1n) is 14.1. The normalized spacial score (nSPS) is 12.2. The van der Waals surface area contributed by atoms with Crippen molar-refractivity contribution in [2.75, 3.05) is 26.2 Å².